The van der Waals surface area contributed by atoms with Gasteiger partial charge in [0.15, 0.2) is 5.65 Å². The van der Waals surface area contributed by atoms with Crippen LogP contribution in [0.25, 0.3) is 5.65 Å². The fraction of sp³-hybridized carbons (Fsp3) is 0.381. The Balaban J connectivity index is 1.56. The van der Waals surface area contributed by atoms with Crippen LogP contribution in [0.4, 0.5) is 11.4 Å². The first-order valence-corrected chi connectivity index (χ1v) is 10.4. The van der Waals surface area contributed by atoms with Gasteiger partial charge in [0.1, 0.15) is 21.9 Å². The van der Waals surface area contributed by atoms with E-state index in [0.717, 1.165) is 5.56 Å². The highest BCUT2D eigenvalue weighted by atomic mass is 35.5. The van der Waals surface area contributed by atoms with Crippen molar-refractivity contribution < 1.29 is 19.4 Å². The highest BCUT2D eigenvalue weighted by Gasteiger charge is 2.38. The summed E-state index contributed by atoms with van der Waals surface area (Å²) in [5, 5.41) is 17.4. The Bertz CT molecular complexity index is 1160. The molecule has 0 radical (unpaired) electrons. The van der Waals surface area contributed by atoms with E-state index in [1.165, 1.54) is 6.20 Å². The molecule has 1 atom stereocenters. The lowest BCUT2D eigenvalue weighted by Crippen LogP contribution is -2.37. The predicted octanol–water partition coefficient (Wildman–Crippen LogP) is 2.16. The zero-order valence-electron chi connectivity index (χ0n) is 17.0. The molecule has 9 nitrogen and oxygen atoms in total. The maximum absolute atomic E-state index is 13.2. The van der Waals surface area contributed by atoms with Crippen molar-refractivity contribution in [1.29, 1.82) is 0 Å². The van der Waals surface area contributed by atoms with Gasteiger partial charge in [-0.05, 0) is 19.1 Å². The van der Waals surface area contributed by atoms with E-state index < -0.39 is 5.60 Å². The van der Waals surface area contributed by atoms with Gasteiger partial charge in [0.25, 0.3) is 5.91 Å². The Morgan fingerprint density at radius 1 is 1.39 bits per heavy atom. The monoisotopic (exact) mass is 443 g/mol. The van der Waals surface area contributed by atoms with Gasteiger partial charge in [-0.25, -0.2) is 9.50 Å². The summed E-state index contributed by atoms with van der Waals surface area (Å²) in [4.78, 5) is 19.5. The third-order valence-corrected chi connectivity index (χ3v) is 5.97. The van der Waals surface area contributed by atoms with Gasteiger partial charge in [0.2, 0.25) is 0 Å². The molecule has 0 saturated carbocycles. The average molecular weight is 444 g/mol. The number of anilines is 2. The van der Waals surface area contributed by atoms with Crippen LogP contribution in [0.5, 0.6) is 5.75 Å². The number of rotatable bonds is 4. The summed E-state index contributed by atoms with van der Waals surface area (Å²) in [6, 6.07) is 3.63. The molecule has 2 aliphatic rings. The predicted molar refractivity (Wildman–Crippen MR) is 115 cm³/mol. The Morgan fingerprint density at radius 3 is 2.97 bits per heavy atom. The smallest absolute Gasteiger partial charge is 0.261 e. The van der Waals surface area contributed by atoms with Crippen molar-refractivity contribution in [3.63, 3.8) is 0 Å². The number of nitrogens with one attached hydrogen (secondary N) is 1. The fourth-order valence-corrected chi connectivity index (χ4v) is 4.44. The zero-order chi connectivity index (χ0) is 21.6. The molecule has 0 unspecified atom stereocenters. The number of fused-ring (bicyclic) bond motifs is 2. The van der Waals surface area contributed by atoms with Gasteiger partial charge in [-0.15, -0.1) is 0 Å². The molecule has 10 heteroatoms. The van der Waals surface area contributed by atoms with Crippen molar-refractivity contribution >= 4 is 34.5 Å². The lowest BCUT2D eigenvalue weighted by Gasteiger charge is -2.32. The molecular formula is C21H22ClN5O4. The molecule has 1 aromatic carbocycles. The molecule has 2 N–H and O–H groups in total. The summed E-state index contributed by atoms with van der Waals surface area (Å²) in [5.41, 5.74) is 2.19. The van der Waals surface area contributed by atoms with Crippen molar-refractivity contribution in [2.45, 2.75) is 18.9 Å². The van der Waals surface area contributed by atoms with Crippen LogP contribution in [-0.2, 0) is 11.2 Å². The van der Waals surface area contributed by atoms with Crippen LogP contribution < -0.4 is 15.0 Å². The number of aliphatic hydroxyl groups excluding tert-OH is 1. The fourth-order valence-electron chi connectivity index (χ4n) is 4.06. The summed E-state index contributed by atoms with van der Waals surface area (Å²) in [6.45, 7) is 4.09. The van der Waals surface area contributed by atoms with Crippen LogP contribution >= 0.6 is 11.6 Å². The molecule has 4 heterocycles. The van der Waals surface area contributed by atoms with Crippen LogP contribution in [0.15, 0.2) is 30.7 Å². The first-order chi connectivity index (χ1) is 15.0. The van der Waals surface area contributed by atoms with E-state index in [1.807, 2.05) is 13.0 Å². The zero-order valence-corrected chi connectivity index (χ0v) is 17.7. The number of halogens is 1. The number of nitrogens with zero attached hydrogens (tertiary/aromatic N) is 4. The van der Waals surface area contributed by atoms with Crippen LogP contribution in [0.3, 0.4) is 0 Å². The van der Waals surface area contributed by atoms with Crippen molar-refractivity contribution in [3.05, 3.63) is 46.9 Å². The molecule has 1 amide bonds. The number of hydrogen-bond acceptors (Lipinski definition) is 7. The molecule has 162 valence electrons. The van der Waals surface area contributed by atoms with Crippen molar-refractivity contribution in [2.24, 2.45) is 0 Å². The SMILES string of the molecule is C[C@]1(CO)Cc2cc(NC(=O)c3cnn4cccnc34)c(N3CCOCC3)c(Cl)c2O1. The van der Waals surface area contributed by atoms with Gasteiger partial charge in [-0.1, -0.05) is 11.6 Å². The first-order valence-electron chi connectivity index (χ1n) is 10.1. The minimum atomic E-state index is -0.747. The normalized spacial score (nSPS) is 20.5. The lowest BCUT2D eigenvalue weighted by atomic mass is 9.99. The topological polar surface area (TPSA) is 101 Å². The number of amides is 1. The van der Waals surface area contributed by atoms with Crippen molar-refractivity contribution in [2.75, 3.05) is 43.1 Å². The summed E-state index contributed by atoms with van der Waals surface area (Å²) < 4.78 is 13.0. The maximum Gasteiger partial charge on any atom is 0.261 e. The molecule has 1 saturated heterocycles. The summed E-state index contributed by atoms with van der Waals surface area (Å²) >= 11 is 6.81. The molecule has 3 aromatic rings. The van der Waals surface area contributed by atoms with Crippen LogP contribution in [0.1, 0.15) is 22.8 Å². The number of carbonyl (C=O) groups is 1. The Kier molecular flexibility index (Phi) is 4.96. The summed E-state index contributed by atoms with van der Waals surface area (Å²) in [6.07, 6.45) is 5.33. The number of ether oxygens (including phenoxy) is 2. The summed E-state index contributed by atoms with van der Waals surface area (Å²) in [5.74, 6) is 0.221. The van der Waals surface area contributed by atoms with E-state index in [4.69, 9.17) is 21.1 Å². The number of aliphatic hydroxyl groups is 1. The second-order valence-electron chi connectivity index (χ2n) is 7.96. The highest BCUT2D eigenvalue weighted by Crippen LogP contribution is 2.49. The van der Waals surface area contributed by atoms with Gasteiger partial charge in [-0.3, -0.25) is 4.79 Å². The van der Waals surface area contributed by atoms with E-state index in [-0.39, 0.29) is 12.5 Å². The molecule has 2 aliphatic heterocycles. The molecule has 0 aliphatic carbocycles. The molecule has 0 spiro atoms. The maximum atomic E-state index is 13.2. The summed E-state index contributed by atoms with van der Waals surface area (Å²) in [7, 11) is 0. The molecule has 31 heavy (non-hydrogen) atoms. The minimum absolute atomic E-state index is 0.138. The number of benzene rings is 1. The van der Waals surface area contributed by atoms with Crippen LogP contribution in [0, 0.1) is 0 Å². The van der Waals surface area contributed by atoms with Gasteiger partial charge in [0, 0.05) is 37.5 Å². The minimum Gasteiger partial charge on any atom is -0.483 e. The Morgan fingerprint density at radius 2 is 2.19 bits per heavy atom. The van der Waals surface area contributed by atoms with E-state index in [0.29, 0.717) is 66.1 Å². The van der Waals surface area contributed by atoms with Gasteiger partial charge >= 0.3 is 0 Å². The van der Waals surface area contributed by atoms with Gasteiger partial charge in [-0.2, -0.15) is 5.10 Å². The van der Waals surface area contributed by atoms with Gasteiger partial charge in [0.05, 0.1) is 37.4 Å². The number of hydrogen-bond donors (Lipinski definition) is 2. The Labute approximate surface area is 183 Å². The van der Waals surface area contributed by atoms with Crippen LogP contribution in [-0.4, -0.2) is 64.1 Å². The van der Waals surface area contributed by atoms with E-state index in [9.17, 15) is 9.90 Å². The molecule has 2 aromatic heterocycles. The first kappa shape index (κ1) is 20.0. The molecule has 0 bridgehead atoms. The van der Waals surface area contributed by atoms with Crippen molar-refractivity contribution in [1.82, 2.24) is 14.6 Å². The third-order valence-electron chi connectivity index (χ3n) is 5.62. The second-order valence-corrected chi connectivity index (χ2v) is 8.34. The molecular weight excluding hydrogens is 422 g/mol. The standard InChI is InChI=1S/C21H22ClN5O4/c1-21(12-28)10-13-9-15(17(16(22)18(13)31-21)26-5-7-30-8-6-26)25-20(29)14-11-24-27-4-2-3-23-19(14)27/h2-4,9,11,28H,5-8,10,12H2,1H3,(H,25,29)/t21-/m1/s1. The number of morpholine rings is 1. The number of aromatic nitrogens is 3. The van der Waals surface area contributed by atoms with Crippen LogP contribution in [0.2, 0.25) is 5.02 Å². The molecule has 1 fully saturated rings. The third kappa shape index (κ3) is 3.48. The van der Waals surface area contributed by atoms with Crippen molar-refractivity contribution in [3.8, 4) is 5.75 Å². The lowest BCUT2D eigenvalue weighted by molar-refractivity contribution is 0.0447. The van der Waals surface area contributed by atoms with Gasteiger partial charge < -0.3 is 24.8 Å². The second kappa shape index (κ2) is 7.67. The average Bonchev–Trinajstić information content (AvgIpc) is 3.36. The largest absolute Gasteiger partial charge is 0.483 e. The Hall–Kier alpha value is -2.88. The van der Waals surface area contributed by atoms with E-state index in [2.05, 4.69) is 20.3 Å². The van der Waals surface area contributed by atoms with E-state index >= 15 is 0 Å². The number of carbonyl (C=O) groups excluding carboxylic acids is 1. The highest BCUT2D eigenvalue weighted by molar-refractivity contribution is 6.36. The van der Waals surface area contributed by atoms with E-state index in [1.54, 1.807) is 23.0 Å². The quantitative estimate of drug-likeness (QED) is 0.637. The molecule has 5 rings (SSSR count).